The summed E-state index contributed by atoms with van der Waals surface area (Å²) in [6.07, 6.45) is -4.83. The van der Waals surface area contributed by atoms with Crippen molar-refractivity contribution in [3.8, 4) is 0 Å². The Balaban J connectivity index is 2.00. The van der Waals surface area contributed by atoms with Gasteiger partial charge in [0.15, 0.2) is 0 Å². The summed E-state index contributed by atoms with van der Waals surface area (Å²) in [7, 11) is 0. The Morgan fingerprint density at radius 2 is 1.95 bits per heavy atom. The van der Waals surface area contributed by atoms with Crippen molar-refractivity contribution in [2.45, 2.75) is 32.6 Å². The van der Waals surface area contributed by atoms with Crippen molar-refractivity contribution in [1.29, 1.82) is 0 Å². The molecule has 21 heavy (non-hydrogen) atoms. The molecule has 3 nitrogen and oxygen atoms in total. The number of carbonyl (C=O) groups excluding carboxylic acids is 1. The molecule has 0 radical (unpaired) electrons. The highest BCUT2D eigenvalue weighted by molar-refractivity contribution is 5.82. The van der Waals surface area contributed by atoms with Crippen LogP contribution >= 0.6 is 0 Å². The van der Waals surface area contributed by atoms with E-state index < -0.39 is 23.5 Å². The van der Waals surface area contributed by atoms with E-state index in [1.165, 1.54) is 0 Å². The minimum absolute atomic E-state index is 0.393. The van der Waals surface area contributed by atoms with Crippen molar-refractivity contribution in [2.75, 3.05) is 13.1 Å². The van der Waals surface area contributed by atoms with Gasteiger partial charge in [0.05, 0.1) is 0 Å². The zero-order valence-corrected chi connectivity index (χ0v) is 12.1. The van der Waals surface area contributed by atoms with Gasteiger partial charge in [-0.25, -0.2) is 0 Å². The molecular weight excluding hydrogens is 281 g/mol. The molecule has 0 aliphatic carbocycles. The minimum atomic E-state index is -4.83. The molecule has 1 aromatic carbocycles. The lowest BCUT2D eigenvalue weighted by atomic mass is 9.88. The molecule has 1 atom stereocenters. The van der Waals surface area contributed by atoms with E-state index in [9.17, 15) is 18.0 Å². The zero-order valence-electron chi connectivity index (χ0n) is 12.1. The molecule has 116 valence electrons. The highest BCUT2D eigenvalue weighted by Crippen LogP contribution is 2.31. The summed E-state index contributed by atoms with van der Waals surface area (Å²) < 4.78 is 37.1. The lowest BCUT2D eigenvalue weighted by Crippen LogP contribution is -2.49. The lowest BCUT2D eigenvalue weighted by Gasteiger charge is -2.26. The van der Waals surface area contributed by atoms with Gasteiger partial charge in [-0.05, 0) is 11.0 Å². The summed E-state index contributed by atoms with van der Waals surface area (Å²) in [5.74, 6) is -1.86. The molecular formula is C15H19F3N2O. The third-order valence-electron chi connectivity index (χ3n) is 3.83. The number of benzene rings is 1. The molecule has 1 amide bonds. The number of hydrogen-bond donors (Lipinski definition) is 1. The van der Waals surface area contributed by atoms with Gasteiger partial charge in [0.1, 0.15) is 0 Å². The van der Waals surface area contributed by atoms with E-state index in [0.29, 0.717) is 19.6 Å². The second kappa shape index (κ2) is 5.67. The van der Waals surface area contributed by atoms with Crippen molar-refractivity contribution in [2.24, 2.45) is 5.41 Å². The molecule has 0 saturated carbocycles. The smallest absolute Gasteiger partial charge is 0.344 e. The summed E-state index contributed by atoms with van der Waals surface area (Å²) in [6, 6.07) is 9.24. The Kier molecular flexibility index (Phi) is 4.27. The molecule has 1 fully saturated rings. The minimum Gasteiger partial charge on any atom is -0.344 e. The van der Waals surface area contributed by atoms with Gasteiger partial charge in [0.25, 0.3) is 0 Å². The summed E-state index contributed by atoms with van der Waals surface area (Å²) in [4.78, 5) is 13.2. The van der Waals surface area contributed by atoms with Gasteiger partial charge < -0.3 is 5.32 Å². The van der Waals surface area contributed by atoms with Crippen molar-refractivity contribution < 1.29 is 18.0 Å². The van der Waals surface area contributed by atoms with Gasteiger partial charge >= 0.3 is 12.1 Å². The molecule has 1 N–H and O–H groups in total. The van der Waals surface area contributed by atoms with E-state index in [1.807, 2.05) is 44.2 Å². The quantitative estimate of drug-likeness (QED) is 0.930. The van der Waals surface area contributed by atoms with Crippen LogP contribution in [0.1, 0.15) is 19.4 Å². The molecule has 0 bridgehead atoms. The van der Waals surface area contributed by atoms with E-state index in [4.69, 9.17) is 0 Å². The molecule has 1 aliphatic rings. The first-order chi connectivity index (χ1) is 9.68. The standard InChI is InChI=1S/C15H19F3N2O/c1-14(2)10-20(8-11-6-4-3-5-7-11)9-12(14)19-13(21)15(16,17)18/h3-7,12H,8-10H2,1-2H3,(H,19,21). The van der Waals surface area contributed by atoms with E-state index in [-0.39, 0.29) is 0 Å². The maximum atomic E-state index is 12.4. The number of halogens is 3. The number of amides is 1. The summed E-state index contributed by atoms with van der Waals surface area (Å²) in [6.45, 7) is 5.48. The Hall–Kier alpha value is -1.56. The van der Waals surface area contributed by atoms with Crippen LogP contribution in [0, 0.1) is 5.41 Å². The van der Waals surface area contributed by atoms with Gasteiger partial charge in [-0.15, -0.1) is 0 Å². The summed E-state index contributed by atoms with van der Waals surface area (Å²) in [5.41, 5.74) is 0.714. The fourth-order valence-corrected chi connectivity index (χ4v) is 2.70. The molecule has 2 rings (SSSR count). The number of nitrogens with zero attached hydrogens (tertiary/aromatic N) is 1. The van der Waals surface area contributed by atoms with Crippen LogP contribution in [0.4, 0.5) is 13.2 Å². The van der Waals surface area contributed by atoms with Gasteiger partial charge in [-0.3, -0.25) is 9.69 Å². The zero-order chi connectivity index (χ0) is 15.7. The molecule has 0 spiro atoms. The summed E-state index contributed by atoms with van der Waals surface area (Å²) >= 11 is 0. The second-order valence-electron chi connectivity index (χ2n) is 6.17. The Bertz CT molecular complexity index is 499. The number of hydrogen-bond acceptors (Lipinski definition) is 2. The van der Waals surface area contributed by atoms with E-state index in [1.54, 1.807) is 0 Å². The van der Waals surface area contributed by atoms with Crippen LogP contribution in [0.5, 0.6) is 0 Å². The maximum Gasteiger partial charge on any atom is 0.471 e. The average Bonchev–Trinajstić information content (AvgIpc) is 2.64. The predicted molar refractivity (Wildman–Crippen MR) is 73.5 cm³/mol. The third-order valence-corrected chi connectivity index (χ3v) is 3.83. The van der Waals surface area contributed by atoms with Crippen LogP contribution in [-0.2, 0) is 11.3 Å². The molecule has 1 unspecified atom stereocenters. The molecule has 1 aromatic rings. The number of rotatable bonds is 3. The highest BCUT2D eigenvalue weighted by Gasteiger charge is 2.45. The van der Waals surface area contributed by atoms with Crippen LogP contribution < -0.4 is 5.32 Å². The number of likely N-dealkylation sites (tertiary alicyclic amines) is 1. The molecule has 6 heteroatoms. The highest BCUT2D eigenvalue weighted by atomic mass is 19.4. The normalized spacial score (nSPS) is 22.2. The van der Waals surface area contributed by atoms with Gasteiger partial charge in [0, 0.05) is 25.7 Å². The molecule has 1 heterocycles. The van der Waals surface area contributed by atoms with Crippen molar-refractivity contribution in [3.63, 3.8) is 0 Å². The van der Waals surface area contributed by atoms with Crippen LogP contribution in [-0.4, -0.2) is 36.1 Å². The van der Waals surface area contributed by atoms with Crippen molar-refractivity contribution in [3.05, 3.63) is 35.9 Å². The second-order valence-corrected chi connectivity index (χ2v) is 6.17. The number of carbonyl (C=O) groups is 1. The number of nitrogens with one attached hydrogen (secondary N) is 1. The Morgan fingerprint density at radius 1 is 1.33 bits per heavy atom. The fourth-order valence-electron chi connectivity index (χ4n) is 2.70. The largest absolute Gasteiger partial charge is 0.471 e. The molecule has 0 aromatic heterocycles. The first kappa shape index (κ1) is 15.8. The topological polar surface area (TPSA) is 32.3 Å². The number of alkyl halides is 3. The SMILES string of the molecule is CC1(C)CN(Cc2ccccc2)CC1NC(=O)C(F)(F)F. The van der Waals surface area contributed by atoms with Gasteiger partial charge in [-0.1, -0.05) is 44.2 Å². The average molecular weight is 300 g/mol. The van der Waals surface area contributed by atoms with Crippen LogP contribution in [0.3, 0.4) is 0 Å². The predicted octanol–water partition coefficient (Wildman–Crippen LogP) is 2.58. The molecule has 1 saturated heterocycles. The van der Waals surface area contributed by atoms with Crippen molar-refractivity contribution in [1.82, 2.24) is 10.2 Å². The Morgan fingerprint density at radius 3 is 2.52 bits per heavy atom. The molecule has 1 aliphatic heterocycles. The fraction of sp³-hybridized carbons (Fsp3) is 0.533. The van der Waals surface area contributed by atoms with Crippen LogP contribution in [0.15, 0.2) is 30.3 Å². The first-order valence-electron chi connectivity index (χ1n) is 6.82. The van der Waals surface area contributed by atoms with Gasteiger partial charge in [0.2, 0.25) is 0 Å². The Labute approximate surface area is 122 Å². The van der Waals surface area contributed by atoms with E-state index >= 15 is 0 Å². The maximum absolute atomic E-state index is 12.4. The lowest BCUT2D eigenvalue weighted by molar-refractivity contribution is -0.174. The first-order valence-corrected chi connectivity index (χ1v) is 6.82. The van der Waals surface area contributed by atoms with E-state index in [2.05, 4.69) is 10.2 Å². The monoisotopic (exact) mass is 300 g/mol. The van der Waals surface area contributed by atoms with E-state index in [0.717, 1.165) is 5.56 Å². The van der Waals surface area contributed by atoms with Crippen molar-refractivity contribution >= 4 is 5.91 Å². The van der Waals surface area contributed by atoms with Crippen LogP contribution in [0.2, 0.25) is 0 Å². The third kappa shape index (κ3) is 3.97. The van der Waals surface area contributed by atoms with Gasteiger partial charge in [-0.2, -0.15) is 13.2 Å². The van der Waals surface area contributed by atoms with Crippen LogP contribution in [0.25, 0.3) is 0 Å². The summed E-state index contributed by atoms with van der Waals surface area (Å²) in [5, 5.41) is 2.12.